The Morgan fingerprint density at radius 2 is 1.95 bits per heavy atom. The van der Waals surface area contributed by atoms with Crippen molar-refractivity contribution in [3.63, 3.8) is 0 Å². The minimum atomic E-state index is -1.49. The maximum atomic E-state index is 13.5. The number of ether oxygens (including phenoxy) is 1. The second-order valence-electron chi connectivity index (χ2n) is 4.60. The van der Waals surface area contributed by atoms with E-state index in [1.807, 2.05) is 0 Å². The molecule has 0 aliphatic carbocycles. The Labute approximate surface area is 123 Å². The van der Waals surface area contributed by atoms with Gasteiger partial charge in [-0.3, -0.25) is 9.59 Å². The lowest BCUT2D eigenvalue weighted by molar-refractivity contribution is -0.133. The van der Waals surface area contributed by atoms with Crippen LogP contribution in [0.5, 0.6) is 5.75 Å². The van der Waals surface area contributed by atoms with Gasteiger partial charge < -0.3 is 15.4 Å². The molecule has 2 aromatic rings. The van der Waals surface area contributed by atoms with Crippen molar-refractivity contribution in [2.24, 2.45) is 0 Å². The van der Waals surface area contributed by atoms with Gasteiger partial charge in [0.05, 0.1) is 11.4 Å². The fraction of sp³-hybridized carbons (Fsp3) is 0.0667. The van der Waals surface area contributed by atoms with E-state index in [1.165, 1.54) is 0 Å². The monoisotopic (exact) mass is 304 g/mol. The van der Waals surface area contributed by atoms with Gasteiger partial charge in [0, 0.05) is 6.07 Å². The van der Waals surface area contributed by atoms with Gasteiger partial charge in [-0.15, -0.1) is 0 Å². The van der Waals surface area contributed by atoms with Crippen LogP contribution >= 0.6 is 0 Å². The number of anilines is 2. The number of fused-ring (bicyclic) bond motifs is 1. The van der Waals surface area contributed by atoms with E-state index >= 15 is 0 Å². The summed E-state index contributed by atoms with van der Waals surface area (Å²) in [7, 11) is 0. The Kier molecular flexibility index (Phi) is 3.46. The van der Waals surface area contributed by atoms with E-state index in [1.54, 1.807) is 24.3 Å². The van der Waals surface area contributed by atoms with E-state index in [2.05, 4.69) is 10.6 Å². The Balaban J connectivity index is 1.81. The topological polar surface area (TPSA) is 67.4 Å². The Bertz CT molecular complexity index is 764. The van der Waals surface area contributed by atoms with Gasteiger partial charge in [0.15, 0.2) is 0 Å². The fourth-order valence-corrected chi connectivity index (χ4v) is 2.02. The molecule has 7 heteroatoms. The number of hydrogen-bond acceptors (Lipinski definition) is 3. The molecule has 1 heterocycles. The third-order valence-corrected chi connectivity index (χ3v) is 3.05. The zero-order chi connectivity index (χ0) is 15.7. The molecule has 0 aromatic heterocycles. The molecule has 0 radical (unpaired) electrons. The highest BCUT2D eigenvalue weighted by molar-refractivity contribution is 6.15. The number of benzene rings is 2. The number of hydrogen-bond donors (Lipinski definition) is 2. The van der Waals surface area contributed by atoms with Crippen LogP contribution in [-0.2, 0) is 9.59 Å². The van der Waals surface area contributed by atoms with Crippen molar-refractivity contribution in [3.8, 4) is 5.75 Å². The highest BCUT2D eigenvalue weighted by Gasteiger charge is 2.34. The van der Waals surface area contributed by atoms with Gasteiger partial charge in [0.1, 0.15) is 17.4 Å². The van der Waals surface area contributed by atoms with Crippen LogP contribution in [0.25, 0.3) is 0 Å². The van der Waals surface area contributed by atoms with Crippen LogP contribution < -0.4 is 15.4 Å². The molecule has 5 nitrogen and oxygen atoms in total. The summed E-state index contributed by atoms with van der Waals surface area (Å²) in [6.07, 6.45) is -1.49. The second kappa shape index (κ2) is 5.44. The van der Waals surface area contributed by atoms with Gasteiger partial charge in [-0.2, -0.15) is 0 Å². The maximum Gasteiger partial charge on any atom is 0.275 e. The van der Waals surface area contributed by atoms with Crippen molar-refractivity contribution in [2.45, 2.75) is 6.10 Å². The minimum absolute atomic E-state index is 0.321. The van der Waals surface area contributed by atoms with Crippen molar-refractivity contribution < 1.29 is 23.1 Å². The molecule has 1 aliphatic rings. The lowest BCUT2D eigenvalue weighted by Crippen LogP contribution is -2.45. The number of amides is 2. The molecule has 0 spiro atoms. The van der Waals surface area contributed by atoms with Crippen LogP contribution in [0.2, 0.25) is 0 Å². The van der Waals surface area contributed by atoms with Crippen LogP contribution in [0.4, 0.5) is 20.2 Å². The summed E-state index contributed by atoms with van der Waals surface area (Å²) < 4.78 is 31.9. The smallest absolute Gasteiger partial charge is 0.275 e. The van der Waals surface area contributed by atoms with Gasteiger partial charge in [-0.25, -0.2) is 8.78 Å². The summed E-state index contributed by atoms with van der Waals surface area (Å²) in [5.41, 5.74) is 0.0775. The molecule has 0 fully saturated rings. The predicted octanol–water partition coefficient (Wildman–Crippen LogP) is 2.30. The number of halogens is 2. The highest BCUT2D eigenvalue weighted by atomic mass is 19.1. The first-order valence-corrected chi connectivity index (χ1v) is 6.37. The number of rotatable bonds is 2. The van der Waals surface area contributed by atoms with Crippen molar-refractivity contribution in [1.82, 2.24) is 0 Å². The Morgan fingerprint density at radius 1 is 1.18 bits per heavy atom. The van der Waals surface area contributed by atoms with Crippen molar-refractivity contribution in [2.75, 3.05) is 10.6 Å². The van der Waals surface area contributed by atoms with E-state index in [4.69, 9.17) is 4.74 Å². The lowest BCUT2D eigenvalue weighted by atomic mass is 10.2. The third-order valence-electron chi connectivity index (χ3n) is 3.05. The van der Waals surface area contributed by atoms with E-state index < -0.39 is 29.6 Å². The summed E-state index contributed by atoms with van der Waals surface area (Å²) in [4.78, 5) is 23.9. The molecule has 112 valence electrons. The SMILES string of the molecule is O=C(Nc1cc(F)ccc1F)C1Oc2ccccc2NC1=O. The molecule has 2 N–H and O–H groups in total. The number of carbonyl (C=O) groups excluding carboxylic acids is 2. The quantitative estimate of drug-likeness (QED) is 0.837. The van der Waals surface area contributed by atoms with E-state index in [0.717, 1.165) is 18.2 Å². The number of nitrogens with one attached hydrogen (secondary N) is 2. The molecule has 22 heavy (non-hydrogen) atoms. The Morgan fingerprint density at radius 3 is 2.77 bits per heavy atom. The van der Waals surface area contributed by atoms with Gasteiger partial charge in [-0.05, 0) is 24.3 Å². The maximum absolute atomic E-state index is 13.5. The van der Waals surface area contributed by atoms with Crippen LogP contribution in [0.1, 0.15) is 0 Å². The first-order valence-electron chi connectivity index (χ1n) is 6.37. The molecule has 0 saturated heterocycles. The molecule has 0 bridgehead atoms. The molecular weight excluding hydrogens is 294 g/mol. The number of carbonyl (C=O) groups is 2. The average Bonchev–Trinajstić information content (AvgIpc) is 2.50. The van der Waals surface area contributed by atoms with Gasteiger partial charge in [0.25, 0.3) is 17.9 Å². The summed E-state index contributed by atoms with van der Waals surface area (Å²) in [6.45, 7) is 0. The molecule has 1 unspecified atom stereocenters. The second-order valence-corrected chi connectivity index (χ2v) is 4.60. The van der Waals surface area contributed by atoms with Crippen molar-refractivity contribution in [1.29, 1.82) is 0 Å². The van der Waals surface area contributed by atoms with Gasteiger partial charge in [-0.1, -0.05) is 12.1 Å². The fourth-order valence-electron chi connectivity index (χ4n) is 2.02. The zero-order valence-corrected chi connectivity index (χ0v) is 11.1. The Hall–Kier alpha value is -2.96. The van der Waals surface area contributed by atoms with Crippen LogP contribution in [0.15, 0.2) is 42.5 Å². The van der Waals surface area contributed by atoms with Crippen LogP contribution in [-0.4, -0.2) is 17.9 Å². The van der Waals surface area contributed by atoms with Crippen molar-refractivity contribution in [3.05, 3.63) is 54.1 Å². The van der Waals surface area contributed by atoms with E-state index in [0.29, 0.717) is 11.4 Å². The minimum Gasteiger partial charge on any atom is -0.468 e. The molecule has 2 aromatic carbocycles. The molecule has 1 aliphatic heterocycles. The standard InChI is InChI=1S/C15H10F2N2O3/c16-8-5-6-9(17)11(7-8)19-15(21)13-14(20)18-10-3-1-2-4-12(10)22-13/h1-7,13H,(H,18,20)(H,19,21). The number of para-hydroxylation sites is 2. The molecule has 3 rings (SSSR count). The van der Waals surface area contributed by atoms with Crippen molar-refractivity contribution >= 4 is 23.2 Å². The third kappa shape index (κ3) is 2.60. The summed E-state index contributed by atoms with van der Waals surface area (Å²) in [6, 6.07) is 9.20. The molecule has 2 amide bonds. The van der Waals surface area contributed by atoms with Gasteiger partial charge in [0.2, 0.25) is 0 Å². The predicted molar refractivity (Wildman–Crippen MR) is 74.5 cm³/mol. The van der Waals surface area contributed by atoms with E-state index in [-0.39, 0.29) is 5.69 Å². The summed E-state index contributed by atoms with van der Waals surface area (Å²) >= 11 is 0. The summed E-state index contributed by atoms with van der Waals surface area (Å²) in [5.74, 6) is -2.78. The largest absolute Gasteiger partial charge is 0.468 e. The highest BCUT2D eigenvalue weighted by Crippen LogP contribution is 2.29. The van der Waals surface area contributed by atoms with Gasteiger partial charge >= 0.3 is 0 Å². The zero-order valence-electron chi connectivity index (χ0n) is 11.1. The lowest BCUT2D eigenvalue weighted by Gasteiger charge is -2.24. The first-order chi connectivity index (χ1) is 10.5. The van der Waals surface area contributed by atoms with E-state index in [9.17, 15) is 18.4 Å². The normalized spacial score (nSPS) is 16.3. The molecule has 1 atom stereocenters. The first kappa shape index (κ1) is 14.0. The summed E-state index contributed by atoms with van der Waals surface area (Å²) in [5, 5.41) is 4.65. The molecule has 0 saturated carbocycles. The molecular formula is C15H10F2N2O3. The van der Waals surface area contributed by atoms with Crippen LogP contribution in [0.3, 0.4) is 0 Å². The van der Waals surface area contributed by atoms with Crippen LogP contribution in [0, 0.1) is 11.6 Å². The average molecular weight is 304 g/mol.